The lowest BCUT2D eigenvalue weighted by atomic mass is 10.1. The molecule has 4 nitrogen and oxygen atoms in total. The van der Waals surface area contributed by atoms with E-state index in [1.54, 1.807) is 0 Å². The number of halogens is 4. The van der Waals surface area contributed by atoms with Crippen LogP contribution in [0.5, 0.6) is 0 Å². The molecule has 2 aromatic rings. The topological polar surface area (TPSA) is 48.4 Å². The first-order valence-electron chi connectivity index (χ1n) is 7.63. The number of aliphatic hydroxyl groups excluding tert-OH is 1. The molecule has 134 valence electrons. The quantitative estimate of drug-likeness (QED) is 0.838. The second kappa shape index (κ2) is 6.07. The molecule has 0 unspecified atom stereocenters. The summed E-state index contributed by atoms with van der Waals surface area (Å²) in [7, 11) is 0. The fourth-order valence-corrected chi connectivity index (χ4v) is 3.10. The van der Waals surface area contributed by atoms with Gasteiger partial charge in [-0.2, -0.15) is 13.2 Å². The lowest BCUT2D eigenvalue weighted by Crippen LogP contribution is -2.45. The highest BCUT2D eigenvalue weighted by Crippen LogP contribution is 2.42. The SMILES string of the molecule is CC1(C)Nc2ccc(CO)cc2N1Cc1ncc(C(F)(F)F)cc1Cl. The minimum Gasteiger partial charge on any atom is -0.392 e. The molecule has 0 saturated heterocycles. The number of aliphatic hydroxyl groups is 1. The summed E-state index contributed by atoms with van der Waals surface area (Å²) in [5.41, 5.74) is 1.47. The average Bonchev–Trinajstić information content (AvgIpc) is 2.77. The van der Waals surface area contributed by atoms with Crippen molar-refractivity contribution >= 4 is 23.0 Å². The van der Waals surface area contributed by atoms with Crippen molar-refractivity contribution in [2.24, 2.45) is 0 Å². The van der Waals surface area contributed by atoms with Crippen molar-refractivity contribution in [1.29, 1.82) is 0 Å². The maximum atomic E-state index is 12.8. The number of pyridine rings is 1. The third-order valence-corrected chi connectivity index (χ3v) is 4.53. The normalized spacial score (nSPS) is 15.9. The molecule has 1 aliphatic heterocycles. The largest absolute Gasteiger partial charge is 0.417 e. The van der Waals surface area contributed by atoms with Gasteiger partial charge in [0.25, 0.3) is 0 Å². The molecule has 0 spiro atoms. The van der Waals surface area contributed by atoms with E-state index in [4.69, 9.17) is 11.6 Å². The maximum absolute atomic E-state index is 12.8. The monoisotopic (exact) mass is 371 g/mol. The first kappa shape index (κ1) is 17.8. The molecular weight excluding hydrogens is 355 g/mol. The van der Waals surface area contributed by atoms with Crippen molar-refractivity contribution in [3.63, 3.8) is 0 Å². The van der Waals surface area contributed by atoms with Gasteiger partial charge in [0, 0.05) is 6.20 Å². The third-order valence-electron chi connectivity index (χ3n) is 4.20. The van der Waals surface area contributed by atoms with Crippen LogP contribution < -0.4 is 10.2 Å². The molecule has 1 aromatic carbocycles. The van der Waals surface area contributed by atoms with E-state index in [1.807, 2.05) is 36.9 Å². The number of anilines is 2. The Bertz CT molecular complexity index is 808. The summed E-state index contributed by atoms with van der Waals surface area (Å²) in [4.78, 5) is 5.88. The zero-order valence-electron chi connectivity index (χ0n) is 13.7. The van der Waals surface area contributed by atoms with E-state index in [2.05, 4.69) is 10.3 Å². The molecule has 0 aliphatic carbocycles. The second-order valence-electron chi connectivity index (χ2n) is 6.43. The summed E-state index contributed by atoms with van der Waals surface area (Å²) < 4.78 is 38.3. The van der Waals surface area contributed by atoms with Crippen molar-refractivity contribution in [3.8, 4) is 0 Å². The molecule has 1 aliphatic rings. The van der Waals surface area contributed by atoms with Crippen LogP contribution in [0, 0.1) is 0 Å². The molecule has 0 fully saturated rings. The molecule has 3 rings (SSSR count). The average molecular weight is 372 g/mol. The number of nitrogens with zero attached hydrogens (tertiary/aromatic N) is 2. The predicted octanol–water partition coefficient (Wildman–Crippen LogP) is 4.41. The van der Waals surface area contributed by atoms with Crippen LogP contribution in [0.2, 0.25) is 5.02 Å². The predicted molar refractivity (Wildman–Crippen MR) is 90.5 cm³/mol. The number of benzene rings is 1. The Balaban J connectivity index is 1.95. The van der Waals surface area contributed by atoms with Crippen molar-refractivity contribution in [2.45, 2.75) is 38.8 Å². The van der Waals surface area contributed by atoms with Crippen LogP contribution >= 0.6 is 11.6 Å². The maximum Gasteiger partial charge on any atom is 0.417 e. The number of alkyl halides is 3. The molecule has 0 atom stereocenters. The van der Waals surface area contributed by atoms with E-state index >= 15 is 0 Å². The van der Waals surface area contributed by atoms with Crippen LogP contribution in [-0.4, -0.2) is 15.8 Å². The smallest absolute Gasteiger partial charge is 0.392 e. The number of hydrogen-bond acceptors (Lipinski definition) is 4. The lowest BCUT2D eigenvalue weighted by Gasteiger charge is -2.34. The van der Waals surface area contributed by atoms with Crippen molar-refractivity contribution in [1.82, 2.24) is 4.98 Å². The molecule has 0 bridgehead atoms. The van der Waals surface area contributed by atoms with Crippen LogP contribution in [0.25, 0.3) is 0 Å². The van der Waals surface area contributed by atoms with E-state index < -0.39 is 17.4 Å². The molecule has 2 heterocycles. The fraction of sp³-hybridized carbons (Fsp3) is 0.353. The summed E-state index contributed by atoms with van der Waals surface area (Å²) in [6, 6.07) is 6.42. The van der Waals surface area contributed by atoms with E-state index in [0.717, 1.165) is 29.2 Å². The molecule has 8 heteroatoms. The van der Waals surface area contributed by atoms with Crippen LogP contribution in [-0.2, 0) is 19.3 Å². The Morgan fingerprint density at radius 2 is 2.00 bits per heavy atom. The van der Waals surface area contributed by atoms with E-state index in [0.29, 0.717) is 5.69 Å². The van der Waals surface area contributed by atoms with Crippen molar-refractivity contribution in [3.05, 3.63) is 52.3 Å². The van der Waals surface area contributed by atoms with Gasteiger partial charge in [-0.25, -0.2) is 0 Å². The molecule has 2 N–H and O–H groups in total. The third kappa shape index (κ3) is 3.39. The van der Waals surface area contributed by atoms with Gasteiger partial charge < -0.3 is 15.3 Å². The Labute approximate surface area is 148 Å². The Kier molecular flexibility index (Phi) is 4.33. The highest BCUT2D eigenvalue weighted by atomic mass is 35.5. The van der Waals surface area contributed by atoms with Gasteiger partial charge in [-0.3, -0.25) is 4.98 Å². The summed E-state index contributed by atoms with van der Waals surface area (Å²) in [6.07, 6.45) is -3.69. The van der Waals surface area contributed by atoms with Crippen LogP contribution in [0.15, 0.2) is 30.5 Å². The van der Waals surface area contributed by atoms with Gasteiger partial charge in [0.15, 0.2) is 0 Å². The number of hydrogen-bond donors (Lipinski definition) is 2. The molecule has 0 radical (unpaired) electrons. The molecule has 25 heavy (non-hydrogen) atoms. The summed E-state index contributed by atoms with van der Waals surface area (Å²) >= 11 is 6.04. The Morgan fingerprint density at radius 3 is 2.60 bits per heavy atom. The number of aromatic nitrogens is 1. The van der Waals surface area contributed by atoms with Crippen molar-refractivity contribution in [2.75, 3.05) is 10.2 Å². The second-order valence-corrected chi connectivity index (χ2v) is 6.84. The van der Waals surface area contributed by atoms with E-state index in [9.17, 15) is 18.3 Å². The minimum absolute atomic E-state index is 0.0302. The Morgan fingerprint density at radius 1 is 1.28 bits per heavy atom. The molecule has 0 amide bonds. The van der Waals surface area contributed by atoms with E-state index in [1.165, 1.54) is 0 Å². The number of rotatable bonds is 3. The van der Waals surface area contributed by atoms with Gasteiger partial charge in [-0.1, -0.05) is 17.7 Å². The van der Waals surface area contributed by atoms with Gasteiger partial charge in [0.05, 0.1) is 40.8 Å². The Hall–Kier alpha value is -1.99. The van der Waals surface area contributed by atoms with Gasteiger partial charge in [0.1, 0.15) is 5.66 Å². The van der Waals surface area contributed by atoms with Gasteiger partial charge in [-0.15, -0.1) is 0 Å². The summed E-state index contributed by atoms with van der Waals surface area (Å²) in [5, 5.41) is 12.7. The van der Waals surface area contributed by atoms with E-state index in [-0.39, 0.29) is 18.2 Å². The van der Waals surface area contributed by atoms with Crippen LogP contribution in [0.4, 0.5) is 24.5 Å². The fourth-order valence-electron chi connectivity index (χ4n) is 2.87. The molecular formula is C17H17ClF3N3O. The standard InChI is InChI=1S/C17H17ClF3N3O/c1-16(2)23-13-4-3-10(9-25)5-15(13)24(16)8-14-12(18)6-11(7-22-14)17(19,20)21/h3-7,23,25H,8-9H2,1-2H3. The van der Waals surface area contributed by atoms with Gasteiger partial charge in [0.2, 0.25) is 0 Å². The molecule has 1 aromatic heterocycles. The zero-order chi connectivity index (χ0) is 18.4. The minimum atomic E-state index is -4.48. The van der Waals surface area contributed by atoms with Gasteiger partial charge >= 0.3 is 6.18 Å². The molecule has 0 saturated carbocycles. The first-order chi connectivity index (χ1) is 11.6. The zero-order valence-corrected chi connectivity index (χ0v) is 14.4. The summed E-state index contributed by atoms with van der Waals surface area (Å²) in [6.45, 7) is 4.03. The van der Waals surface area contributed by atoms with Crippen LogP contribution in [0.1, 0.15) is 30.7 Å². The summed E-state index contributed by atoms with van der Waals surface area (Å²) in [5.74, 6) is 0. The highest BCUT2D eigenvalue weighted by molar-refractivity contribution is 6.31. The van der Waals surface area contributed by atoms with Gasteiger partial charge in [-0.05, 0) is 37.6 Å². The number of fused-ring (bicyclic) bond motifs is 1. The van der Waals surface area contributed by atoms with Crippen LogP contribution in [0.3, 0.4) is 0 Å². The first-order valence-corrected chi connectivity index (χ1v) is 8.01. The number of nitrogens with one attached hydrogen (secondary N) is 1. The van der Waals surface area contributed by atoms with Crippen molar-refractivity contribution < 1.29 is 18.3 Å². The highest BCUT2D eigenvalue weighted by Gasteiger charge is 2.37. The lowest BCUT2D eigenvalue weighted by molar-refractivity contribution is -0.137.